The van der Waals surface area contributed by atoms with Gasteiger partial charge < -0.3 is 9.47 Å². The van der Waals surface area contributed by atoms with Crippen LogP contribution in [0, 0.1) is 0 Å². The van der Waals surface area contributed by atoms with Crippen molar-refractivity contribution in [1.82, 2.24) is 9.78 Å². The molecule has 0 spiro atoms. The molecule has 0 N–H and O–H groups in total. The summed E-state index contributed by atoms with van der Waals surface area (Å²) in [5, 5.41) is 4.23. The van der Waals surface area contributed by atoms with Crippen LogP contribution in [0.2, 0.25) is 0 Å². The van der Waals surface area contributed by atoms with Crippen molar-refractivity contribution in [3.63, 3.8) is 0 Å². The van der Waals surface area contributed by atoms with Crippen LogP contribution in [-0.4, -0.2) is 35.2 Å². The van der Waals surface area contributed by atoms with Gasteiger partial charge in [-0.25, -0.2) is 4.68 Å². The van der Waals surface area contributed by atoms with Crippen LogP contribution in [0.4, 0.5) is 0 Å². The Kier molecular flexibility index (Phi) is 5.43. The molecule has 3 aromatic rings. The summed E-state index contributed by atoms with van der Waals surface area (Å²) in [4.78, 5) is 24.0. The quantitative estimate of drug-likeness (QED) is 0.484. The van der Waals surface area contributed by atoms with E-state index in [-0.39, 0.29) is 18.8 Å². The van der Waals surface area contributed by atoms with Gasteiger partial charge in [-0.05, 0) is 36.4 Å². The highest BCUT2D eigenvalue weighted by Crippen LogP contribution is 2.12. The molecule has 1 aromatic heterocycles. The lowest BCUT2D eigenvalue weighted by atomic mass is 10.1. The number of hydrogen-bond acceptors (Lipinski definition) is 5. The summed E-state index contributed by atoms with van der Waals surface area (Å²) >= 11 is 0. The Bertz CT molecular complexity index is 886. The number of Topliss-reactive ketones (excluding diaryl/α,β-unsaturated/α-hetero) is 1. The number of ketones is 1. The molecule has 0 aliphatic rings. The molecular weight excluding hydrogens is 332 g/mol. The van der Waals surface area contributed by atoms with Crippen LogP contribution in [-0.2, 0) is 16.0 Å². The van der Waals surface area contributed by atoms with Gasteiger partial charge in [-0.15, -0.1) is 0 Å². The number of esters is 1. The predicted molar refractivity (Wildman–Crippen MR) is 95.6 cm³/mol. The van der Waals surface area contributed by atoms with Crippen LogP contribution in [0.25, 0.3) is 5.69 Å². The van der Waals surface area contributed by atoms with Gasteiger partial charge in [-0.1, -0.05) is 18.2 Å². The number of benzene rings is 2. The lowest BCUT2D eigenvalue weighted by Crippen LogP contribution is -2.15. The molecule has 132 valence electrons. The number of aromatic nitrogens is 2. The zero-order chi connectivity index (χ0) is 18.4. The predicted octanol–water partition coefficient (Wildman–Crippen LogP) is 2.85. The van der Waals surface area contributed by atoms with E-state index >= 15 is 0 Å². The number of hydrogen-bond donors (Lipinski definition) is 0. The Balaban J connectivity index is 1.52. The number of rotatable bonds is 7. The zero-order valence-electron chi connectivity index (χ0n) is 14.3. The Morgan fingerprint density at radius 3 is 2.46 bits per heavy atom. The van der Waals surface area contributed by atoms with Crippen molar-refractivity contribution in [2.45, 2.75) is 6.42 Å². The minimum atomic E-state index is -0.473. The highest BCUT2D eigenvalue weighted by atomic mass is 16.5. The molecule has 0 fully saturated rings. The van der Waals surface area contributed by atoms with E-state index in [2.05, 4.69) is 5.10 Å². The molecule has 0 radical (unpaired) electrons. The molecule has 0 unspecified atom stereocenters. The molecular formula is C20H18N2O4. The molecule has 3 rings (SSSR count). The monoisotopic (exact) mass is 350 g/mol. The molecule has 26 heavy (non-hydrogen) atoms. The Morgan fingerprint density at radius 1 is 1.04 bits per heavy atom. The fraction of sp³-hybridized carbons (Fsp3) is 0.150. The minimum absolute atomic E-state index is 0.0583. The van der Waals surface area contributed by atoms with Crippen molar-refractivity contribution in [3.05, 3.63) is 78.1 Å². The minimum Gasteiger partial charge on any atom is -0.497 e. The first kappa shape index (κ1) is 17.4. The molecule has 6 nitrogen and oxygen atoms in total. The molecule has 1 heterocycles. The maximum absolute atomic E-state index is 12.1. The van der Waals surface area contributed by atoms with E-state index in [1.807, 2.05) is 30.3 Å². The first-order valence-electron chi connectivity index (χ1n) is 8.07. The molecule has 6 heteroatoms. The Hall–Kier alpha value is -3.41. The largest absolute Gasteiger partial charge is 0.497 e. The number of methoxy groups -OCH3 is 1. The zero-order valence-corrected chi connectivity index (χ0v) is 14.3. The van der Waals surface area contributed by atoms with Crippen LogP contribution in [0.5, 0.6) is 5.75 Å². The average molecular weight is 350 g/mol. The summed E-state index contributed by atoms with van der Waals surface area (Å²) in [7, 11) is 1.55. The molecule has 0 amide bonds. The summed E-state index contributed by atoms with van der Waals surface area (Å²) in [6, 6.07) is 16.2. The van der Waals surface area contributed by atoms with Crippen LogP contribution in [0.3, 0.4) is 0 Å². The number of carbonyl (C=O) groups is 2. The number of nitrogens with zero attached hydrogens (tertiary/aromatic N) is 2. The third-order valence-electron chi connectivity index (χ3n) is 3.78. The van der Waals surface area contributed by atoms with Gasteiger partial charge in [0.1, 0.15) is 5.75 Å². The van der Waals surface area contributed by atoms with Gasteiger partial charge in [0.15, 0.2) is 12.4 Å². The third kappa shape index (κ3) is 4.36. The smallest absolute Gasteiger partial charge is 0.310 e. The van der Waals surface area contributed by atoms with Crippen molar-refractivity contribution in [3.8, 4) is 11.4 Å². The lowest BCUT2D eigenvalue weighted by Gasteiger charge is -2.05. The summed E-state index contributed by atoms with van der Waals surface area (Å²) < 4.78 is 11.8. The highest BCUT2D eigenvalue weighted by Gasteiger charge is 2.12. The van der Waals surface area contributed by atoms with Gasteiger partial charge in [0.25, 0.3) is 0 Å². The fourth-order valence-electron chi connectivity index (χ4n) is 2.40. The second-order valence-electron chi connectivity index (χ2n) is 5.62. The van der Waals surface area contributed by atoms with Gasteiger partial charge in [-0.3, -0.25) is 9.59 Å². The van der Waals surface area contributed by atoms with Crippen molar-refractivity contribution in [2.75, 3.05) is 13.7 Å². The van der Waals surface area contributed by atoms with E-state index < -0.39 is 5.97 Å². The number of ether oxygens (including phenoxy) is 2. The van der Waals surface area contributed by atoms with Gasteiger partial charge >= 0.3 is 5.97 Å². The lowest BCUT2D eigenvalue weighted by molar-refractivity contribution is -0.141. The standard InChI is InChI=1S/C20H18N2O4/c1-25-18-9-7-16(8-10-18)19(23)14-26-20(24)11-15-12-21-22(13-15)17-5-3-2-4-6-17/h2-10,12-13H,11,14H2,1H3. The first-order chi connectivity index (χ1) is 12.7. The fourth-order valence-corrected chi connectivity index (χ4v) is 2.40. The molecule has 0 saturated heterocycles. The molecule has 0 atom stereocenters. The van der Waals surface area contributed by atoms with Gasteiger partial charge in [0.05, 0.1) is 25.4 Å². The van der Waals surface area contributed by atoms with Crippen molar-refractivity contribution >= 4 is 11.8 Å². The van der Waals surface area contributed by atoms with Crippen LogP contribution in [0.1, 0.15) is 15.9 Å². The first-order valence-corrected chi connectivity index (χ1v) is 8.07. The summed E-state index contributed by atoms with van der Waals surface area (Å²) in [5.74, 6) is -0.0746. The topological polar surface area (TPSA) is 70.4 Å². The van der Waals surface area contributed by atoms with E-state index in [0.717, 1.165) is 11.3 Å². The van der Waals surface area contributed by atoms with E-state index in [4.69, 9.17) is 9.47 Å². The van der Waals surface area contributed by atoms with Crippen LogP contribution < -0.4 is 4.74 Å². The van der Waals surface area contributed by atoms with Gasteiger partial charge in [0.2, 0.25) is 0 Å². The highest BCUT2D eigenvalue weighted by molar-refractivity contribution is 5.98. The second kappa shape index (κ2) is 8.11. The Morgan fingerprint density at radius 2 is 1.77 bits per heavy atom. The molecule has 0 saturated carbocycles. The normalized spacial score (nSPS) is 10.3. The van der Waals surface area contributed by atoms with Crippen molar-refractivity contribution < 1.29 is 19.1 Å². The SMILES string of the molecule is COc1ccc(C(=O)COC(=O)Cc2cnn(-c3ccccc3)c2)cc1. The van der Waals surface area contributed by atoms with E-state index in [1.54, 1.807) is 48.5 Å². The molecule has 2 aromatic carbocycles. The average Bonchev–Trinajstić information content (AvgIpc) is 3.15. The molecule has 0 aliphatic heterocycles. The molecule has 0 aliphatic carbocycles. The number of carbonyl (C=O) groups excluding carboxylic acids is 2. The number of para-hydroxylation sites is 1. The maximum atomic E-state index is 12.1. The third-order valence-corrected chi connectivity index (χ3v) is 3.78. The van der Waals surface area contributed by atoms with E-state index in [9.17, 15) is 9.59 Å². The molecule has 0 bridgehead atoms. The van der Waals surface area contributed by atoms with Crippen molar-refractivity contribution in [2.24, 2.45) is 0 Å². The van der Waals surface area contributed by atoms with Crippen LogP contribution in [0.15, 0.2) is 67.0 Å². The maximum Gasteiger partial charge on any atom is 0.310 e. The summed E-state index contributed by atoms with van der Waals surface area (Å²) in [5.41, 5.74) is 2.09. The summed E-state index contributed by atoms with van der Waals surface area (Å²) in [6.07, 6.45) is 3.43. The Labute approximate surface area is 151 Å². The van der Waals surface area contributed by atoms with E-state index in [0.29, 0.717) is 11.3 Å². The van der Waals surface area contributed by atoms with Gasteiger partial charge in [-0.2, -0.15) is 5.10 Å². The van der Waals surface area contributed by atoms with Crippen molar-refractivity contribution in [1.29, 1.82) is 0 Å². The second-order valence-corrected chi connectivity index (χ2v) is 5.62. The van der Waals surface area contributed by atoms with Crippen LogP contribution >= 0.6 is 0 Å². The summed E-state index contributed by atoms with van der Waals surface area (Å²) in [6.45, 7) is -0.294. The van der Waals surface area contributed by atoms with Gasteiger partial charge in [0, 0.05) is 17.3 Å². The van der Waals surface area contributed by atoms with E-state index in [1.165, 1.54) is 0 Å².